The van der Waals surface area contributed by atoms with Crippen molar-refractivity contribution < 1.29 is 122 Å². The van der Waals surface area contributed by atoms with Crippen LogP contribution >= 0.6 is 15.2 Å². The first-order valence-corrected chi connectivity index (χ1v) is 12.3. The Morgan fingerprint density at radius 2 is 1.09 bits per heavy atom. The van der Waals surface area contributed by atoms with E-state index in [1.807, 2.05) is 60.7 Å². The average molecular weight is 517 g/mol. The Morgan fingerprint density at radius 3 is 1.61 bits per heavy atom. The summed E-state index contributed by atoms with van der Waals surface area (Å²) in [4.78, 5) is 37.3. The number of aliphatic hydroxyl groups is 1. The molecule has 0 saturated heterocycles. The van der Waals surface area contributed by atoms with Crippen LogP contribution in [0.2, 0.25) is 0 Å². The summed E-state index contributed by atoms with van der Waals surface area (Å²) in [6.07, 6.45) is -0.917. The van der Waals surface area contributed by atoms with Crippen molar-refractivity contribution in [3.63, 3.8) is 0 Å². The van der Waals surface area contributed by atoms with Gasteiger partial charge < -0.3 is 24.7 Å². The van der Waals surface area contributed by atoms with Crippen molar-refractivity contribution in [1.29, 1.82) is 0 Å². The number of aryl methyl sites for hydroxylation is 1. The smallest absolute Gasteiger partial charge is 0.368 e. The molecule has 0 radical (unpaired) electrons. The molecule has 0 spiro atoms. The van der Waals surface area contributed by atoms with Crippen LogP contribution in [0.25, 0.3) is 22.3 Å². The molecule has 0 bridgehead atoms. The van der Waals surface area contributed by atoms with Gasteiger partial charge in [-0.3, -0.25) is 9.13 Å². The summed E-state index contributed by atoms with van der Waals surface area (Å²) < 4.78 is 23.1. The zero-order valence-electron chi connectivity index (χ0n) is 18.9. The van der Waals surface area contributed by atoms with Gasteiger partial charge in [-0.2, -0.15) is 0 Å². The summed E-state index contributed by atoms with van der Waals surface area (Å²) >= 11 is 0. The Bertz CT molecular complexity index is 1110. The molecule has 0 atom stereocenters. The molecule has 33 heavy (non-hydrogen) atoms. The van der Waals surface area contributed by atoms with Crippen molar-refractivity contribution in [2.75, 3.05) is 0 Å². The molecule has 0 heterocycles. The fourth-order valence-corrected chi connectivity index (χ4v) is 5.44. The molecule has 0 amide bonds. The molecule has 3 aromatic rings. The second kappa shape index (κ2) is 14.0. The van der Waals surface area contributed by atoms with Crippen molar-refractivity contribution in [1.82, 2.24) is 0 Å². The predicted molar refractivity (Wildman–Crippen MR) is 115 cm³/mol. The van der Waals surface area contributed by atoms with E-state index in [2.05, 4.69) is 0 Å². The van der Waals surface area contributed by atoms with Crippen LogP contribution in [-0.2, 0) is 15.6 Å². The Labute approximate surface area is 259 Å². The standard InChI is InChI=1S/C21H22O7P2.3Na/c22-21(29(23,24)25,30(26,27)28)14-13-16-7-6-10-18(15-16)20-12-5-4-11-19(20)17-8-2-1-3-9-17;;;/h1-12,15,22H,13-14H2,(H2,23,24,25)(H2,26,27,28);;;/q;3*+1. The van der Waals surface area contributed by atoms with Gasteiger partial charge in [0, 0.05) is 6.42 Å². The Kier molecular flexibility index (Phi) is 14.4. The van der Waals surface area contributed by atoms with Gasteiger partial charge in [0.1, 0.15) is 0 Å². The number of hydrogen-bond acceptors (Lipinski definition) is 3. The van der Waals surface area contributed by atoms with E-state index in [-0.39, 0.29) is 95.1 Å². The molecule has 0 aliphatic heterocycles. The van der Waals surface area contributed by atoms with E-state index >= 15 is 0 Å². The van der Waals surface area contributed by atoms with Crippen molar-refractivity contribution in [3.05, 3.63) is 84.4 Å². The van der Waals surface area contributed by atoms with E-state index in [4.69, 9.17) is 0 Å². The summed E-state index contributed by atoms with van der Waals surface area (Å²) in [6, 6.07) is 24.6. The first-order chi connectivity index (χ1) is 14.0. The SMILES string of the molecule is O=P(O)(O)C(O)(CCc1cccc(-c2ccccc2-c2ccccc2)c1)P(=O)(O)O.[Na+].[Na+].[Na+]. The van der Waals surface area contributed by atoms with Crippen molar-refractivity contribution in [3.8, 4) is 22.3 Å². The minimum absolute atomic E-state index is 0. The third-order valence-corrected chi connectivity index (χ3v) is 8.81. The molecule has 3 rings (SSSR count). The molecular weight excluding hydrogens is 495 g/mol. The van der Waals surface area contributed by atoms with E-state index in [0.717, 1.165) is 22.3 Å². The fraction of sp³-hybridized carbons (Fsp3) is 0.143. The minimum Gasteiger partial charge on any atom is -0.368 e. The average Bonchev–Trinajstić information content (AvgIpc) is 2.71. The summed E-state index contributed by atoms with van der Waals surface area (Å²) in [5.41, 5.74) is 4.37. The van der Waals surface area contributed by atoms with Gasteiger partial charge in [0.2, 0.25) is 0 Å². The van der Waals surface area contributed by atoms with Gasteiger partial charge in [0.05, 0.1) is 0 Å². The predicted octanol–water partition coefficient (Wildman–Crippen LogP) is -5.03. The number of benzene rings is 3. The van der Waals surface area contributed by atoms with Crippen molar-refractivity contribution in [2.24, 2.45) is 0 Å². The monoisotopic (exact) mass is 517 g/mol. The Balaban J connectivity index is 0.00000341. The summed E-state index contributed by atoms with van der Waals surface area (Å²) in [7, 11) is -10.9. The molecule has 5 N–H and O–H groups in total. The molecule has 3 aromatic carbocycles. The molecule has 0 saturated carbocycles. The molecule has 0 aliphatic rings. The van der Waals surface area contributed by atoms with Gasteiger partial charge in [-0.05, 0) is 34.2 Å². The topological polar surface area (TPSA) is 135 Å². The van der Waals surface area contributed by atoms with Crippen LogP contribution in [0.1, 0.15) is 12.0 Å². The van der Waals surface area contributed by atoms with Gasteiger partial charge in [-0.1, -0.05) is 78.9 Å². The first-order valence-electron chi connectivity index (χ1n) is 9.10. The van der Waals surface area contributed by atoms with Gasteiger partial charge in [0.25, 0.3) is 5.08 Å². The van der Waals surface area contributed by atoms with E-state index in [1.54, 1.807) is 18.2 Å². The molecule has 0 fully saturated rings. The molecule has 7 nitrogen and oxygen atoms in total. The van der Waals surface area contributed by atoms with E-state index < -0.39 is 26.7 Å². The quantitative estimate of drug-likeness (QED) is 0.157. The van der Waals surface area contributed by atoms with E-state index in [0.29, 0.717) is 5.56 Å². The summed E-state index contributed by atoms with van der Waals surface area (Å²) in [5, 5.41) is 6.68. The molecule has 12 heteroatoms. The fourth-order valence-electron chi connectivity index (χ4n) is 3.27. The zero-order valence-corrected chi connectivity index (χ0v) is 26.7. The Hall–Kier alpha value is 0.920. The van der Waals surface area contributed by atoms with Crippen LogP contribution in [-0.4, -0.2) is 29.8 Å². The number of rotatable bonds is 7. The van der Waals surface area contributed by atoms with Crippen LogP contribution in [0.3, 0.4) is 0 Å². The third kappa shape index (κ3) is 8.21. The van der Waals surface area contributed by atoms with Crippen LogP contribution in [0, 0.1) is 0 Å². The largest absolute Gasteiger partial charge is 1.00 e. The Morgan fingerprint density at radius 1 is 0.636 bits per heavy atom. The van der Waals surface area contributed by atoms with Crippen LogP contribution in [0.5, 0.6) is 0 Å². The first kappa shape index (κ1) is 33.9. The second-order valence-corrected chi connectivity index (χ2v) is 11.0. The zero-order chi connectivity index (χ0) is 22.0. The van der Waals surface area contributed by atoms with Gasteiger partial charge in [-0.25, -0.2) is 0 Å². The summed E-state index contributed by atoms with van der Waals surface area (Å²) in [6.45, 7) is 0. The van der Waals surface area contributed by atoms with Gasteiger partial charge in [-0.15, -0.1) is 0 Å². The third-order valence-electron chi connectivity index (χ3n) is 4.93. The molecule has 0 aliphatic carbocycles. The molecule has 158 valence electrons. The van der Waals surface area contributed by atoms with Crippen LogP contribution < -0.4 is 88.7 Å². The van der Waals surface area contributed by atoms with Crippen LogP contribution in [0.15, 0.2) is 78.9 Å². The molecule has 0 unspecified atom stereocenters. The van der Waals surface area contributed by atoms with Crippen molar-refractivity contribution in [2.45, 2.75) is 17.9 Å². The van der Waals surface area contributed by atoms with Crippen molar-refractivity contribution >= 4 is 15.2 Å². The van der Waals surface area contributed by atoms with E-state index in [9.17, 15) is 33.8 Å². The van der Waals surface area contributed by atoms with Crippen LogP contribution in [0.4, 0.5) is 0 Å². The maximum Gasteiger partial charge on any atom is 1.00 e. The van der Waals surface area contributed by atoms with E-state index in [1.165, 1.54) is 0 Å². The maximum atomic E-state index is 11.6. The maximum absolute atomic E-state index is 11.6. The number of hydrogen-bond donors (Lipinski definition) is 5. The van der Waals surface area contributed by atoms with Gasteiger partial charge in [0.15, 0.2) is 0 Å². The molecule has 0 aromatic heterocycles. The normalized spacial score (nSPS) is 11.5. The van der Waals surface area contributed by atoms with Gasteiger partial charge >= 0.3 is 104 Å². The summed E-state index contributed by atoms with van der Waals surface area (Å²) in [5.74, 6) is 0. The minimum atomic E-state index is -5.47. The molecular formula is C21H22Na3O7P2+3. The second-order valence-electron chi connectivity index (χ2n) is 6.97.